The highest BCUT2D eigenvalue weighted by Crippen LogP contribution is 2.58. The molecule has 0 bridgehead atoms. The Bertz CT molecular complexity index is 2980. The highest BCUT2D eigenvalue weighted by atomic mass is 32.2. The van der Waals surface area contributed by atoms with Crippen LogP contribution in [0.25, 0.3) is 44.1 Å². The van der Waals surface area contributed by atoms with Crippen LogP contribution in [0.4, 0.5) is 41.7 Å². The van der Waals surface area contributed by atoms with Crippen LogP contribution in [0.3, 0.4) is 0 Å². The number of para-hydroxylation sites is 1. The smallest absolute Gasteiger partial charge is 0.345 e. The van der Waals surface area contributed by atoms with Gasteiger partial charge in [0.25, 0.3) is 0 Å². The van der Waals surface area contributed by atoms with E-state index in [-0.39, 0.29) is 34.0 Å². The lowest BCUT2D eigenvalue weighted by Crippen LogP contribution is -2.43. The Morgan fingerprint density at radius 1 is 1.05 bits per heavy atom. The number of piperazine rings is 1. The number of aryl methyl sites for hydroxylation is 1. The number of amides is 1. The average Bonchev–Trinajstić information content (AvgIpc) is 3.85. The maximum absolute atomic E-state index is 15.6. The minimum atomic E-state index is -5.14. The first-order valence-electron chi connectivity index (χ1n) is 18.1. The second-order valence-electron chi connectivity index (χ2n) is 14.4. The highest BCUT2D eigenvalue weighted by Gasteiger charge is 2.62. The molecule has 60 heavy (non-hydrogen) atoms. The number of anilines is 2. The summed E-state index contributed by atoms with van der Waals surface area (Å²) in [6, 6.07) is 9.16. The standard InChI is InChI=1S/C38H29F7N10O3S2/c1-53-31-21(4-3-5-23(31)34(51-53)52-60(2,57)58)24-16-27-35(49-36(59-27)54-10-8-46-9-11-54)48-30(24)26(14-18-12-19(39)15-20(40)13-18)47-28(56)17-55-33-29(32(50-55)38(43,44)45)22-6-7-25(22)37(33,41)42/h3-5,12-16,22,25,46H,8-11,17H2,1-2H3,(H,47,56)(H,51,52)/b26-14-/t22-,25+/m0/s1. The largest absolute Gasteiger partial charge is 0.435 e. The van der Waals surface area contributed by atoms with E-state index in [1.807, 2.05) is 4.90 Å². The van der Waals surface area contributed by atoms with E-state index in [2.05, 4.69) is 37.4 Å². The van der Waals surface area contributed by atoms with Crippen molar-refractivity contribution in [2.75, 3.05) is 42.1 Å². The Labute approximate surface area is 339 Å². The van der Waals surface area contributed by atoms with Crippen molar-refractivity contribution in [3.63, 3.8) is 0 Å². The number of carbonyl (C=O) groups is 1. The van der Waals surface area contributed by atoms with Gasteiger partial charge in [0.15, 0.2) is 22.3 Å². The van der Waals surface area contributed by atoms with Crippen molar-refractivity contribution < 1.29 is 43.9 Å². The number of hydrogen-bond acceptors (Lipinski definition) is 10. The summed E-state index contributed by atoms with van der Waals surface area (Å²) in [5, 5.41) is 14.6. The Kier molecular flexibility index (Phi) is 9.21. The summed E-state index contributed by atoms with van der Waals surface area (Å²) in [6.45, 7) is 1.52. The molecule has 2 aromatic carbocycles. The number of pyridine rings is 1. The molecule has 6 aromatic rings. The third-order valence-electron chi connectivity index (χ3n) is 10.2. The van der Waals surface area contributed by atoms with E-state index >= 15 is 8.78 Å². The number of hydrogen-bond donors (Lipinski definition) is 3. The second kappa shape index (κ2) is 14.0. The van der Waals surface area contributed by atoms with Crippen LogP contribution < -0.4 is 20.3 Å². The molecular weight excluding hydrogens is 842 g/mol. The van der Waals surface area contributed by atoms with Gasteiger partial charge in [-0.25, -0.2) is 22.2 Å². The number of alkyl halides is 5. The number of aromatic nitrogens is 6. The van der Waals surface area contributed by atoms with Crippen LogP contribution in [-0.4, -0.2) is 76.3 Å². The molecule has 3 N–H and O–H groups in total. The summed E-state index contributed by atoms with van der Waals surface area (Å²) in [4.78, 5) is 25.7. The predicted octanol–water partition coefficient (Wildman–Crippen LogP) is 5.66. The molecule has 9 rings (SSSR count). The van der Waals surface area contributed by atoms with Crippen molar-refractivity contribution in [2.45, 2.75) is 24.6 Å². The van der Waals surface area contributed by atoms with Gasteiger partial charge in [0.05, 0.1) is 33.8 Å². The number of nitrogens with one attached hydrogen (secondary N) is 3. The van der Waals surface area contributed by atoms with Crippen LogP contribution in [0, 0.1) is 29.4 Å². The van der Waals surface area contributed by atoms with Gasteiger partial charge in [0, 0.05) is 61.4 Å². The van der Waals surface area contributed by atoms with Gasteiger partial charge < -0.3 is 15.5 Å². The SMILES string of the molecule is Cn1nc(NS(C)(=O)=O)c2cccc(-c3cc4sc(N5CCNCC5)nc4nc3/C(=C/c3cc(F)cc(F)c3)NC(=O)Cn3nc(C(F)(F)F)c4c3C(F)(F)[C@@H]3C#C[C@H]43)c21. The fourth-order valence-corrected chi connectivity index (χ4v) is 9.26. The molecule has 13 nitrogen and oxygen atoms in total. The zero-order valence-electron chi connectivity index (χ0n) is 31.1. The molecule has 1 fully saturated rings. The van der Waals surface area contributed by atoms with Gasteiger partial charge in [-0.2, -0.15) is 37.1 Å². The lowest BCUT2D eigenvalue weighted by Gasteiger charge is -2.26. The third-order valence-corrected chi connectivity index (χ3v) is 11.8. The summed E-state index contributed by atoms with van der Waals surface area (Å²) < 4.78 is 132. The third kappa shape index (κ3) is 6.89. The molecular formula is C38H29F7N10O3S2. The molecule has 0 saturated carbocycles. The Hall–Kier alpha value is -6.05. The molecule has 22 heteroatoms. The van der Waals surface area contributed by atoms with E-state index in [9.17, 15) is 35.2 Å². The van der Waals surface area contributed by atoms with Gasteiger partial charge in [-0.3, -0.25) is 18.9 Å². The summed E-state index contributed by atoms with van der Waals surface area (Å²) in [5.74, 6) is -5.50. The van der Waals surface area contributed by atoms with E-state index in [4.69, 9.17) is 9.97 Å². The molecule has 1 amide bonds. The fourth-order valence-electron chi connectivity index (χ4n) is 7.76. The van der Waals surface area contributed by atoms with Gasteiger partial charge in [-0.15, -0.1) is 0 Å². The Morgan fingerprint density at radius 2 is 1.78 bits per heavy atom. The Morgan fingerprint density at radius 3 is 2.45 bits per heavy atom. The monoisotopic (exact) mass is 870 g/mol. The number of nitrogens with zero attached hydrogens (tertiary/aromatic N) is 7. The van der Waals surface area contributed by atoms with Gasteiger partial charge in [0.1, 0.15) is 29.8 Å². The van der Waals surface area contributed by atoms with Crippen LogP contribution in [-0.2, 0) is 40.5 Å². The lowest BCUT2D eigenvalue weighted by molar-refractivity contribution is -0.142. The maximum atomic E-state index is 15.6. The van der Waals surface area contributed by atoms with E-state index in [0.717, 1.165) is 18.4 Å². The topological polar surface area (TPSA) is 152 Å². The van der Waals surface area contributed by atoms with E-state index < -0.39 is 75.0 Å². The number of carbonyl (C=O) groups excluding carboxylic acids is 1. The normalized spacial score (nSPS) is 18.6. The molecule has 1 aliphatic heterocycles. The van der Waals surface area contributed by atoms with Crippen LogP contribution in [0.2, 0.25) is 0 Å². The van der Waals surface area contributed by atoms with Crippen LogP contribution in [0.15, 0.2) is 42.5 Å². The van der Waals surface area contributed by atoms with Crippen molar-refractivity contribution in [1.82, 2.24) is 40.2 Å². The summed E-state index contributed by atoms with van der Waals surface area (Å²) in [7, 11) is -2.22. The summed E-state index contributed by atoms with van der Waals surface area (Å²) in [6.07, 6.45) is -3.01. The zero-order valence-corrected chi connectivity index (χ0v) is 32.8. The summed E-state index contributed by atoms with van der Waals surface area (Å²) in [5.41, 5.74) is -2.62. The van der Waals surface area contributed by atoms with Gasteiger partial charge in [-0.05, 0) is 35.9 Å². The average molecular weight is 871 g/mol. The maximum Gasteiger partial charge on any atom is 0.435 e. The highest BCUT2D eigenvalue weighted by molar-refractivity contribution is 7.92. The Balaban J connectivity index is 1.22. The van der Waals surface area contributed by atoms with Crippen LogP contribution >= 0.6 is 11.3 Å². The molecule has 5 heterocycles. The van der Waals surface area contributed by atoms with Crippen molar-refractivity contribution >= 4 is 71.2 Å². The molecule has 2 aliphatic carbocycles. The van der Waals surface area contributed by atoms with Gasteiger partial charge in [0.2, 0.25) is 15.9 Å². The van der Waals surface area contributed by atoms with Crippen molar-refractivity contribution in [3.05, 3.63) is 82.3 Å². The second-order valence-corrected chi connectivity index (χ2v) is 17.2. The van der Waals surface area contributed by atoms with E-state index in [1.165, 1.54) is 22.1 Å². The summed E-state index contributed by atoms with van der Waals surface area (Å²) >= 11 is 1.32. The number of sulfonamides is 1. The van der Waals surface area contributed by atoms with Crippen LogP contribution in [0.1, 0.15) is 34.1 Å². The lowest BCUT2D eigenvalue weighted by atomic mass is 9.84. The molecule has 3 aliphatic rings. The minimum absolute atomic E-state index is 0.00569. The van der Waals surface area contributed by atoms with Crippen LogP contribution in [0.5, 0.6) is 0 Å². The van der Waals surface area contributed by atoms with Crippen molar-refractivity contribution in [1.29, 1.82) is 0 Å². The molecule has 4 aromatic heterocycles. The number of fused-ring (bicyclic) bond motifs is 5. The van der Waals surface area contributed by atoms with E-state index in [1.54, 1.807) is 31.3 Å². The first-order chi connectivity index (χ1) is 28.4. The predicted molar refractivity (Wildman–Crippen MR) is 208 cm³/mol. The minimum Gasteiger partial charge on any atom is -0.345 e. The number of thiazole rings is 1. The number of halogens is 7. The van der Waals surface area contributed by atoms with Gasteiger partial charge >= 0.3 is 12.1 Å². The quantitative estimate of drug-likeness (QED) is 0.124. The first-order valence-corrected chi connectivity index (χ1v) is 20.8. The molecule has 2 atom stereocenters. The first kappa shape index (κ1) is 39.4. The van der Waals surface area contributed by atoms with Crippen molar-refractivity contribution in [3.8, 4) is 23.0 Å². The molecule has 0 unspecified atom stereocenters. The van der Waals surface area contributed by atoms with E-state index in [0.29, 0.717) is 63.2 Å². The molecule has 0 radical (unpaired) electrons. The molecule has 310 valence electrons. The zero-order chi connectivity index (χ0) is 42.5. The fraction of sp³-hybridized carbons (Fsp3) is 0.289. The molecule has 1 saturated heterocycles. The number of rotatable bonds is 9. The molecule has 0 spiro atoms. The van der Waals surface area contributed by atoms with Gasteiger partial charge in [-0.1, -0.05) is 35.3 Å². The van der Waals surface area contributed by atoms with Crippen molar-refractivity contribution in [2.24, 2.45) is 13.0 Å². The number of benzene rings is 2.